The van der Waals surface area contributed by atoms with E-state index in [4.69, 9.17) is 20.0 Å². The molecule has 1 aromatic rings. The number of hydrogen-bond donors (Lipinski definition) is 1. The van der Waals surface area contributed by atoms with Gasteiger partial charge < -0.3 is 20.0 Å². The van der Waals surface area contributed by atoms with Crippen molar-refractivity contribution in [2.24, 2.45) is 5.16 Å². The number of esters is 2. The predicted molar refractivity (Wildman–Crippen MR) is 90.7 cm³/mol. The molecule has 0 aliphatic heterocycles. The summed E-state index contributed by atoms with van der Waals surface area (Å²) in [4.78, 5) is 33.5. The van der Waals surface area contributed by atoms with E-state index in [-0.39, 0.29) is 23.1 Å². The highest BCUT2D eigenvalue weighted by Crippen LogP contribution is 2.19. The molecule has 0 spiro atoms. The van der Waals surface area contributed by atoms with Crippen LogP contribution in [0.1, 0.15) is 47.2 Å². The number of nitrogens with zero attached hydrogens (tertiary/aromatic N) is 2. The summed E-state index contributed by atoms with van der Waals surface area (Å²) in [5.41, 5.74) is 3.56. The van der Waals surface area contributed by atoms with E-state index in [9.17, 15) is 9.59 Å². The van der Waals surface area contributed by atoms with Gasteiger partial charge in [-0.2, -0.15) is 0 Å². The van der Waals surface area contributed by atoms with Crippen molar-refractivity contribution in [1.29, 1.82) is 0 Å². The van der Waals surface area contributed by atoms with E-state index in [1.165, 1.54) is 13.8 Å². The first kappa shape index (κ1) is 19.9. The van der Waals surface area contributed by atoms with Crippen LogP contribution in [0.25, 0.3) is 0 Å². The van der Waals surface area contributed by atoms with Gasteiger partial charge in [-0.3, -0.25) is 0 Å². The number of anilines is 1. The summed E-state index contributed by atoms with van der Waals surface area (Å²) >= 11 is 1.15. The van der Waals surface area contributed by atoms with Gasteiger partial charge >= 0.3 is 11.9 Å². The number of nitrogens with two attached hydrogens (primary N) is 1. The smallest absolute Gasteiger partial charge is 0.362 e. The Balaban J connectivity index is 3.02. The minimum Gasteiger partial charge on any atom is -0.461 e. The van der Waals surface area contributed by atoms with E-state index < -0.39 is 23.1 Å². The van der Waals surface area contributed by atoms with Gasteiger partial charge in [-0.1, -0.05) is 5.16 Å². The number of carbonyl (C=O) groups excluding carboxylic acids is 2. The minimum absolute atomic E-state index is 0.160. The molecule has 24 heavy (non-hydrogen) atoms. The Morgan fingerprint density at radius 3 is 2.38 bits per heavy atom. The number of aromatic nitrogens is 1. The lowest BCUT2D eigenvalue weighted by molar-refractivity contribution is -0.179. The molecule has 1 aromatic heterocycles. The van der Waals surface area contributed by atoms with Gasteiger partial charge in [-0.15, -0.1) is 11.3 Å². The Kier molecular flexibility index (Phi) is 6.30. The molecule has 9 heteroatoms. The normalized spacial score (nSPS) is 12.7. The first-order chi connectivity index (χ1) is 11.0. The molecule has 0 saturated heterocycles. The highest BCUT2D eigenvalue weighted by atomic mass is 32.1. The van der Waals surface area contributed by atoms with Crippen LogP contribution in [0.5, 0.6) is 0 Å². The van der Waals surface area contributed by atoms with Crippen LogP contribution in [0.2, 0.25) is 0 Å². The summed E-state index contributed by atoms with van der Waals surface area (Å²) in [6, 6.07) is 0. The molecule has 0 aromatic carbocycles. The van der Waals surface area contributed by atoms with Crippen molar-refractivity contribution in [3.05, 3.63) is 11.1 Å². The maximum Gasteiger partial charge on any atom is 0.362 e. The molecule has 0 unspecified atom stereocenters. The Hall–Kier alpha value is -2.16. The molecule has 0 atom stereocenters. The second-order valence-corrected chi connectivity index (χ2v) is 7.22. The zero-order valence-corrected chi connectivity index (χ0v) is 15.5. The van der Waals surface area contributed by atoms with Crippen LogP contribution in [0.4, 0.5) is 5.13 Å². The standard InChI is InChI=1S/C15H23N3O5S/c1-7-21-11(19)10(9-8-24-13(16)17-9)18-23-15(5,6)12(20)22-14(2,3)4/h8H,7H2,1-6H3,(H2,16,17)/b18-10+. The van der Waals surface area contributed by atoms with Gasteiger partial charge in [-0.25, -0.2) is 14.6 Å². The summed E-state index contributed by atoms with van der Waals surface area (Å²) < 4.78 is 10.2. The monoisotopic (exact) mass is 357 g/mol. The van der Waals surface area contributed by atoms with E-state index in [0.29, 0.717) is 0 Å². The van der Waals surface area contributed by atoms with Crippen molar-refractivity contribution in [1.82, 2.24) is 4.98 Å². The summed E-state index contributed by atoms with van der Waals surface area (Å²) in [6.07, 6.45) is 0. The van der Waals surface area contributed by atoms with Crippen molar-refractivity contribution < 1.29 is 23.9 Å². The second-order valence-electron chi connectivity index (χ2n) is 6.33. The third-order valence-corrected chi connectivity index (χ3v) is 3.16. The van der Waals surface area contributed by atoms with Gasteiger partial charge in [0.25, 0.3) is 0 Å². The molecule has 1 heterocycles. The lowest BCUT2D eigenvalue weighted by Gasteiger charge is -2.26. The fourth-order valence-electron chi connectivity index (χ4n) is 1.38. The molecule has 134 valence electrons. The Morgan fingerprint density at radius 1 is 1.29 bits per heavy atom. The number of nitrogen functional groups attached to an aromatic ring is 1. The summed E-state index contributed by atoms with van der Waals surface area (Å²) in [6.45, 7) is 10.0. The maximum atomic E-state index is 12.2. The van der Waals surface area contributed by atoms with Crippen molar-refractivity contribution in [3.63, 3.8) is 0 Å². The first-order valence-corrected chi connectivity index (χ1v) is 8.22. The number of hydrogen-bond acceptors (Lipinski definition) is 9. The third kappa shape index (κ3) is 5.80. The topological polar surface area (TPSA) is 113 Å². The number of carbonyl (C=O) groups is 2. The number of rotatable bonds is 6. The van der Waals surface area contributed by atoms with Gasteiger partial charge in [0.05, 0.1) is 6.61 Å². The Labute approximate surface area is 145 Å². The fraction of sp³-hybridized carbons (Fsp3) is 0.600. The van der Waals surface area contributed by atoms with E-state index in [0.717, 1.165) is 11.3 Å². The Bertz CT molecular complexity index is 631. The van der Waals surface area contributed by atoms with Crippen molar-refractivity contribution in [2.45, 2.75) is 52.7 Å². The third-order valence-electron chi connectivity index (χ3n) is 2.49. The number of oxime groups is 1. The summed E-state index contributed by atoms with van der Waals surface area (Å²) in [7, 11) is 0. The predicted octanol–water partition coefficient (Wildman–Crippen LogP) is 2.13. The quantitative estimate of drug-likeness (QED) is 0.471. The van der Waals surface area contributed by atoms with Crippen molar-refractivity contribution >= 4 is 34.1 Å². The lowest BCUT2D eigenvalue weighted by atomic mass is 10.1. The molecule has 0 fully saturated rings. The lowest BCUT2D eigenvalue weighted by Crippen LogP contribution is -2.40. The van der Waals surface area contributed by atoms with Crippen LogP contribution < -0.4 is 5.73 Å². The number of ether oxygens (including phenoxy) is 2. The zero-order valence-electron chi connectivity index (χ0n) is 14.7. The summed E-state index contributed by atoms with van der Waals surface area (Å²) in [5, 5.41) is 5.60. The largest absolute Gasteiger partial charge is 0.461 e. The van der Waals surface area contributed by atoms with Crippen LogP contribution in [0, 0.1) is 0 Å². The molecule has 0 radical (unpaired) electrons. The highest BCUT2D eigenvalue weighted by molar-refractivity contribution is 7.13. The molecular formula is C15H23N3O5S. The maximum absolute atomic E-state index is 12.2. The van der Waals surface area contributed by atoms with Gasteiger partial charge in [0.1, 0.15) is 11.3 Å². The van der Waals surface area contributed by atoms with Gasteiger partial charge in [-0.05, 0) is 41.5 Å². The molecule has 2 N–H and O–H groups in total. The summed E-state index contributed by atoms with van der Waals surface area (Å²) in [5.74, 6) is -1.33. The van der Waals surface area contributed by atoms with Gasteiger partial charge in [0, 0.05) is 5.38 Å². The molecule has 0 aliphatic rings. The van der Waals surface area contributed by atoms with Crippen LogP contribution in [0.3, 0.4) is 0 Å². The minimum atomic E-state index is -1.40. The Morgan fingerprint density at radius 2 is 1.92 bits per heavy atom. The van der Waals surface area contributed by atoms with Crippen LogP contribution in [0.15, 0.2) is 10.5 Å². The highest BCUT2D eigenvalue weighted by Gasteiger charge is 2.36. The number of thiazole rings is 1. The average Bonchev–Trinajstić information content (AvgIpc) is 2.83. The average molecular weight is 357 g/mol. The van der Waals surface area contributed by atoms with E-state index in [2.05, 4.69) is 10.1 Å². The fourth-order valence-corrected chi connectivity index (χ4v) is 1.93. The van der Waals surface area contributed by atoms with E-state index >= 15 is 0 Å². The van der Waals surface area contributed by atoms with E-state index in [1.54, 1.807) is 33.1 Å². The molecule has 1 rings (SSSR count). The van der Waals surface area contributed by atoms with Crippen LogP contribution in [-0.4, -0.2) is 40.4 Å². The van der Waals surface area contributed by atoms with Crippen LogP contribution >= 0.6 is 11.3 Å². The second kappa shape index (κ2) is 7.61. The van der Waals surface area contributed by atoms with Crippen molar-refractivity contribution in [3.8, 4) is 0 Å². The molecular weight excluding hydrogens is 334 g/mol. The van der Waals surface area contributed by atoms with Crippen molar-refractivity contribution in [2.75, 3.05) is 12.3 Å². The van der Waals surface area contributed by atoms with Gasteiger partial charge in [0.15, 0.2) is 5.13 Å². The molecule has 0 saturated carbocycles. The molecule has 8 nitrogen and oxygen atoms in total. The van der Waals surface area contributed by atoms with Gasteiger partial charge in [0.2, 0.25) is 11.3 Å². The molecule has 0 amide bonds. The van der Waals surface area contributed by atoms with E-state index in [1.807, 2.05) is 0 Å². The van der Waals surface area contributed by atoms with Crippen LogP contribution in [-0.2, 0) is 23.9 Å². The SMILES string of the molecule is CCOC(=O)/C(=N/OC(C)(C)C(=O)OC(C)(C)C)c1csc(N)n1. The molecule has 0 bridgehead atoms. The molecule has 0 aliphatic carbocycles. The first-order valence-electron chi connectivity index (χ1n) is 7.34. The zero-order chi connectivity index (χ0) is 18.5.